The number of nitrogens with two attached hydrogens (primary N) is 1. The quantitative estimate of drug-likeness (QED) is 0.722. The first-order valence-corrected chi connectivity index (χ1v) is 7.17. The number of rotatable bonds is 7. The molecule has 0 heterocycles. The number of nitrogens with one attached hydrogen (secondary N) is 1. The van der Waals surface area contributed by atoms with Crippen molar-refractivity contribution in [2.75, 3.05) is 26.2 Å². The van der Waals surface area contributed by atoms with Crippen molar-refractivity contribution in [2.45, 2.75) is 52.5 Å². The van der Waals surface area contributed by atoms with Gasteiger partial charge in [0.05, 0.1) is 0 Å². The molecule has 1 fully saturated rings. The molecular formula is C14H29N3O. The van der Waals surface area contributed by atoms with E-state index in [1.54, 1.807) is 0 Å². The van der Waals surface area contributed by atoms with E-state index >= 15 is 0 Å². The molecule has 1 aliphatic rings. The molecule has 0 aromatic heterocycles. The topological polar surface area (TPSA) is 58.4 Å². The Bertz CT molecular complexity index is 287. The maximum absolute atomic E-state index is 11.9. The number of nitrogens with zero attached hydrogens (tertiary/aromatic N) is 1. The van der Waals surface area contributed by atoms with Crippen LogP contribution in [0.4, 0.5) is 0 Å². The molecule has 1 amide bonds. The van der Waals surface area contributed by atoms with E-state index in [9.17, 15) is 4.79 Å². The Kier molecular flexibility index (Phi) is 5.17. The fraction of sp³-hybridized carbons (Fsp3) is 0.929. The smallest absolute Gasteiger partial charge is 0.238 e. The minimum absolute atomic E-state index is 0.0396. The van der Waals surface area contributed by atoms with E-state index in [0.29, 0.717) is 0 Å². The van der Waals surface area contributed by atoms with Crippen LogP contribution < -0.4 is 11.1 Å². The fourth-order valence-electron chi connectivity index (χ4n) is 3.19. The highest BCUT2D eigenvalue weighted by molar-refractivity contribution is 5.86. The van der Waals surface area contributed by atoms with Crippen molar-refractivity contribution in [3.63, 3.8) is 0 Å². The van der Waals surface area contributed by atoms with Crippen molar-refractivity contribution >= 4 is 5.91 Å². The molecule has 0 aromatic carbocycles. The van der Waals surface area contributed by atoms with Gasteiger partial charge in [0.25, 0.3) is 0 Å². The van der Waals surface area contributed by atoms with Gasteiger partial charge in [-0.05, 0) is 31.3 Å². The van der Waals surface area contributed by atoms with Gasteiger partial charge in [0.1, 0.15) is 5.54 Å². The summed E-state index contributed by atoms with van der Waals surface area (Å²) < 4.78 is 0. The van der Waals surface area contributed by atoms with Crippen molar-refractivity contribution in [3.8, 4) is 0 Å². The van der Waals surface area contributed by atoms with E-state index in [1.165, 1.54) is 0 Å². The van der Waals surface area contributed by atoms with Gasteiger partial charge in [-0.15, -0.1) is 0 Å². The van der Waals surface area contributed by atoms with Crippen molar-refractivity contribution in [1.29, 1.82) is 0 Å². The maximum Gasteiger partial charge on any atom is 0.238 e. The summed E-state index contributed by atoms with van der Waals surface area (Å²) in [6.07, 6.45) is 3.01. The van der Waals surface area contributed by atoms with Crippen molar-refractivity contribution < 1.29 is 4.79 Å². The first-order chi connectivity index (χ1) is 8.39. The van der Waals surface area contributed by atoms with Crippen LogP contribution >= 0.6 is 0 Å². The zero-order valence-electron chi connectivity index (χ0n) is 12.4. The Hall–Kier alpha value is -0.610. The average molecular weight is 255 g/mol. The van der Waals surface area contributed by atoms with Crippen LogP contribution in [0, 0.1) is 5.41 Å². The Morgan fingerprint density at radius 2 is 1.89 bits per heavy atom. The summed E-state index contributed by atoms with van der Waals surface area (Å²) in [6.45, 7) is 12.5. The lowest BCUT2D eigenvalue weighted by Gasteiger charge is -2.40. The van der Waals surface area contributed by atoms with Gasteiger partial charge >= 0.3 is 0 Å². The van der Waals surface area contributed by atoms with Gasteiger partial charge in [-0.3, -0.25) is 4.79 Å². The molecule has 1 rings (SSSR count). The number of amides is 1. The largest absolute Gasteiger partial charge is 0.368 e. The highest BCUT2D eigenvalue weighted by atomic mass is 16.1. The number of carbonyl (C=O) groups excluding carboxylic acids is 1. The van der Waals surface area contributed by atoms with E-state index < -0.39 is 5.54 Å². The summed E-state index contributed by atoms with van der Waals surface area (Å²) in [6, 6.07) is 0. The van der Waals surface area contributed by atoms with Crippen LogP contribution in [0.15, 0.2) is 0 Å². The summed E-state index contributed by atoms with van der Waals surface area (Å²) in [4.78, 5) is 14.3. The van der Waals surface area contributed by atoms with Gasteiger partial charge in [-0.1, -0.05) is 34.1 Å². The van der Waals surface area contributed by atoms with E-state index in [2.05, 4.69) is 37.9 Å². The third-order valence-corrected chi connectivity index (χ3v) is 4.68. The molecule has 18 heavy (non-hydrogen) atoms. The molecule has 4 heteroatoms. The molecule has 0 saturated heterocycles. The van der Waals surface area contributed by atoms with Crippen molar-refractivity contribution in [3.05, 3.63) is 0 Å². The Labute approximate surface area is 111 Å². The minimum Gasteiger partial charge on any atom is -0.368 e. The summed E-state index contributed by atoms with van der Waals surface area (Å²) in [5, 5.41) is 3.47. The summed E-state index contributed by atoms with van der Waals surface area (Å²) in [7, 11) is 0. The normalized spacial score (nSPS) is 26.7. The third kappa shape index (κ3) is 2.86. The molecule has 0 radical (unpaired) electrons. The van der Waals surface area contributed by atoms with E-state index in [-0.39, 0.29) is 11.3 Å². The van der Waals surface area contributed by atoms with Crippen LogP contribution in [-0.4, -0.2) is 42.5 Å². The lowest BCUT2D eigenvalue weighted by molar-refractivity contribution is -0.128. The zero-order valence-corrected chi connectivity index (χ0v) is 12.4. The number of hydrogen-bond donors (Lipinski definition) is 2. The van der Waals surface area contributed by atoms with E-state index in [4.69, 9.17) is 5.73 Å². The average Bonchev–Trinajstić information content (AvgIpc) is 2.61. The van der Waals surface area contributed by atoms with Gasteiger partial charge in [0, 0.05) is 13.1 Å². The first kappa shape index (κ1) is 15.4. The Balaban J connectivity index is 2.63. The number of hydrogen-bond acceptors (Lipinski definition) is 3. The summed E-state index contributed by atoms with van der Waals surface area (Å²) in [5.41, 5.74) is 5.12. The standard InChI is InChI=1S/C14H29N3O/c1-5-17(6-2)11-10-16-14(12(15)18)9-7-8-13(14,3)4/h16H,5-11H2,1-4H3,(H2,15,18). The number of primary amides is 1. The fourth-order valence-corrected chi connectivity index (χ4v) is 3.19. The lowest BCUT2D eigenvalue weighted by atomic mass is 9.74. The van der Waals surface area contributed by atoms with Crippen molar-refractivity contribution in [1.82, 2.24) is 10.2 Å². The number of carbonyl (C=O) groups is 1. The minimum atomic E-state index is -0.514. The van der Waals surface area contributed by atoms with Gasteiger partial charge in [-0.2, -0.15) is 0 Å². The van der Waals surface area contributed by atoms with Gasteiger partial charge in [0.2, 0.25) is 5.91 Å². The molecule has 106 valence electrons. The first-order valence-electron chi connectivity index (χ1n) is 7.17. The second-order valence-corrected chi connectivity index (χ2v) is 5.96. The SMILES string of the molecule is CCN(CC)CCNC1(C(N)=O)CCCC1(C)C. The molecule has 0 aromatic rings. The predicted molar refractivity (Wildman–Crippen MR) is 75.3 cm³/mol. The molecule has 0 spiro atoms. The van der Waals surface area contributed by atoms with Crippen LogP contribution in [0.5, 0.6) is 0 Å². The van der Waals surface area contributed by atoms with Crippen molar-refractivity contribution in [2.24, 2.45) is 11.1 Å². The van der Waals surface area contributed by atoms with E-state index in [0.717, 1.165) is 45.4 Å². The summed E-state index contributed by atoms with van der Waals surface area (Å²) >= 11 is 0. The second-order valence-electron chi connectivity index (χ2n) is 5.96. The second kappa shape index (κ2) is 6.02. The van der Waals surface area contributed by atoms with Crippen LogP contribution in [0.1, 0.15) is 47.0 Å². The molecule has 4 nitrogen and oxygen atoms in total. The van der Waals surface area contributed by atoms with E-state index in [1.807, 2.05) is 0 Å². The zero-order chi connectivity index (χ0) is 13.8. The molecule has 1 atom stereocenters. The third-order valence-electron chi connectivity index (χ3n) is 4.68. The molecule has 0 aliphatic heterocycles. The molecule has 1 aliphatic carbocycles. The molecule has 3 N–H and O–H groups in total. The molecule has 1 saturated carbocycles. The Morgan fingerprint density at radius 1 is 1.28 bits per heavy atom. The molecule has 0 bridgehead atoms. The molecule has 1 unspecified atom stereocenters. The predicted octanol–water partition coefficient (Wildman–Crippen LogP) is 1.35. The number of likely N-dealkylation sites (N-methyl/N-ethyl adjacent to an activating group) is 1. The van der Waals surface area contributed by atoms with Gasteiger partial charge in [-0.25, -0.2) is 0 Å². The maximum atomic E-state index is 11.9. The van der Waals surface area contributed by atoms with Crippen LogP contribution in [0.2, 0.25) is 0 Å². The van der Waals surface area contributed by atoms with Gasteiger partial charge in [0.15, 0.2) is 0 Å². The monoisotopic (exact) mass is 255 g/mol. The van der Waals surface area contributed by atoms with Crippen LogP contribution in [0.25, 0.3) is 0 Å². The lowest BCUT2D eigenvalue weighted by Crippen LogP contribution is -2.62. The Morgan fingerprint density at radius 3 is 2.28 bits per heavy atom. The van der Waals surface area contributed by atoms with Crippen LogP contribution in [-0.2, 0) is 4.79 Å². The van der Waals surface area contributed by atoms with Gasteiger partial charge < -0.3 is 16.0 Å². The highest BCUT2D eigenvalue weighted by Gasteiger charge is 2.52. The highest BCUT2D eigenvalue weighted by Crippen LogP contribution is 2.45. The summed E-state index contributed by atoms with van der Waals surface area (Å²) in [5.74, 6) is -0.190. The molecular weight excluding hydrogens is 226 g/mol. The van der Waals surface area contributed by atoms with Crippen LogP contribution in [0.3, 0.4) is 0 Å².